The third-order valence-electron chi connectivity index (χ3n) is 4.55. The van der Waals surface area contributed by atoms with Gasteiger partial charge in [-0.2, -0.15) is 4.31 Å². The molecule has 168 valence electrons. The molecular weight excluding hydrogens is 460 g/mol. The number of carbonyl (C=O) groups is 2. The molecule has 2 N–H and O–H groups in total. The molecule has 0 radical (unpaired) electrons. The molecule has 3 heterocycles. The number of sulfonamides is 1. The lowest BCUT2D eigenvalue weighted by Gasteiger charge is -2.25. The summed E-state index contributed by atoms with van der Waals surface area (Å²) < 4.78 is 31.7. The van der Waals surface area contributed by atoms with Gasteiger partial charge in [0.15, 0.2) is 0 Å². The number of carbonyl (C=O) groups excluding carboxylic acids is 2. The van der Waals surface area contributed by atoms with Gasteiger partial charge in [-0.3, -0.25) is 20.4 Å². The normalized spacial score (nSPS) is 14.9. The summed E-state index contributed by atoms with van der Waals surface area (Å²) in [6.07, 6.45) is 2.14. The number of hydrazine groups is 1. The lowest BCUT2D eigenvalue weighted by molar-refractivity contribution is -0.119. The number of rotatable bonds is 7. The van der Waals surface area contributed by atoms with Crippen LogP contribution in [0.15, 0.2) is 34.3 Å². The van der Waals surface area contributed by atoms with Gasteiger partial charge in [-0.25, -0.2) is 13.4 Å². The molecule has 0 saturated carbocycles. The van der Waals surface area contributed by atoms with E-state index in [1.165, 1.54) is 27.9 Å². The van der Waals surface area contributed by atoms with Crippen LogP contribution in [0.1, 0.15) is 27.0 Å². The highest BCUT2D eigenvalue weighted by molar-refractivity contribution is 7.99. The fourth-order valence-electron chi connectivity index (χ4n) is 2.89. The van der Waals surface area contributed by atoms with Gasteiger partial charge in [0, 0.05) is 24.2 Å². The average molecular weight is 485 g/mol. The monoisotopic (exact) mass is 484 g/mol. The maximum atomic E-state index is 12.6. The molecule has 0 aromatic carbocycles. The van der Waals surface area contributed by atoms with Gasteiger partial charge in [0.25, 0.3) is 5.91 Å². The Morgan fingerprint density at radius 3 is 2.61 bits per heavy atom. The van der Waals surface area contributed by atoms with Crippen LogP contribution in [-0.4, -0.2) is 61.6 Å². The largest absolute Gasteiger partial charge is 0.379 e. The maximum Gasteiger partial charge on any atom is 0.279 e. The summed E-state index contributed by atoms with van der Waals surface area (Å²) in [6.45, 7) is 5.35. The fraction of sp³-hybridized carbons (Fsp3) is 0.421. The molecule has 0 bridgehead atoms. The summed E-state index contributed by atoms with van der Waals surface area (Å²) in [7, 11) is -3.60. The van der Waals surface area contributed by atoms with Gasteiger partial charge in [-0.05, 0) is 37.1 Å². The van der Waals surface area contributed by atoms with Gasteiger partial charge in [0.2, 0.25) is 15.9 Å². The Labute approximate surface area is 189 Å². The topological polar surface area (TPSA) is 118 Å². The molecule has 12 heteroatoms. The summed E-state index contributed by atoms with van der Waals surface area (Å²) >= 11 is 2.55. The van der Waals surface area contributed by atoms with E-state index in [-0.39, 0.29) is 16.6 Å². The summed E-state index contributed by atoms with van der Waals surface area (Å²) in [6, 6.07) is 4.84. The quantitative estimate of drug-likeness (QED) is 0.453. The van der Waals surface area contributed by atoms with Crippen molar-refractivity contribution in [3.8, 4) is 0 Å². The minimum atomic E-state index is -3.60. The van der Waals surface area contributed by atoms with Gasteiger partial charge in [0.05, 0.1) is 28.9 Å². The van der Waals surface area contributed by atoms with E-state index in [0.717, 1.165) is 28.6 Å². The Bertz CT molecular complexity index is 1030. The first-order valence-corrected chi connectivity index (χ1v) is 12.9. The van der Waals surface area contributed by atoms with Crippen molar-refractivity contribution >= 4 is 44.9 Å². The predicted octanol–water partition coefficient (Wildman–Crippen LogP) is 1.59. The van der Waals surface area contributed by atoms with Gasteiger partial charge < -0.3 is 4.74 Å². The van der Waals surface area contributed by atoms with E-state index < -0.39 is 15.9 Å². The van der Waals surface area contributed by atoms with E-state index in [2.05, 4.69) is 15.8 Å². The van der Waals surface area contributed by atoms with E-state index in [9.17, 15) is 18.0 Å². The van der Waals surface area contributed by atoms with Crippen LogP contribution in [0.25, 0.3) is 0 Å². The lowest BCUT2D eigenvalue weighted by Crippen LogP contribution is -2.42. The number of nitrogens with zero attached hydrogens (tertiary/aromatic N) is 2. The van der Waals surface area contributed by atoms with Crippen molar-refractivity contribution in [2.45, 2.75) is 30.2 Å². The highest BCUT2D eigenvalue weighted by atomic mass is 32.2. The maximum absolute atomic E-state index is 12.6. The smallest absolute Gasteiger partial charge is 0.279 e. The first-order chi connectivity index (χ1) is 14.8. The van der Waals surface area contributed by atoms with Crippen molar-refractivity contribution in [2.75, 3.05) is 32.1 Å². The molecular formula is C19H24N4O5S3. The van der Waals surface area contributed by atoms with Gasteiger partial charge in [-0.15, -0.1) is 11.3 Å². The zero-order valence-electron chi connectivity index (χ0n) is 17.2. The van der Waals surface area contributed by atoms with E-state index in [1.807, 2.05) is 13.8 Å². The average Bonchev–Trinajstić information content (AvgIpc) is 3.17. The van der Waals surface area contributed by atoms with Crippen molar-refractivity contribution in [3.63, 3.8) is 0 Å². The molecule has 1 fully saturated rings. The number of nitrogens with one attached hydrogen (secondary N) is 2. The van der Waals surface area contributed by atoms with Gasteiger partial charge >= 0.3 is 0 Å². The number of pyridine rings is 1. The second kappa shape index (κ2) is 10.6. The summed E-state index contributed by atoms with van der Waals surface area (Å²) in [4.78, 5) is 30.1. The number of aromatic nitrogens is 1. The van der Waals surface area contributed by atoms with Crippen LogP contribution in [-0.2, 0) is 26.0 Å². The molecule has 2 aromatic rings. The van der Waals surface area contributed by atoms with Crippen LogP contribution in [0.3, 0.4) is 0 Å². The third kappa shape index (κ3) is 6.04. The second-order valence-electron chi connectivity index (χ2n) is 6.71. The molecule has 0 atom stereocenters. The molecule has 31 heavy (non-hydrogen) atoms. The van der Waals surface area contributed by atoms with Gasteiger partial charge in [0.1, 0.15) is 4.90 Å². The number of amides is 2. The fourth-order valence-corrected chi connectivity index (χ4v) is 5.89. The highest BCUT2D eigenvalue weighted by Crippen LogP contribution is 2.22. The predicted molar refractivity (Wildman–Crippen MR) is 119 cm³/mol. The Hall–Kier alpha value is -1.99. The molecule has 0 unspecified atom stereocenters. The molecule has 0 spiro atoms. The molecule has 1 aliphatic heterocycles. The number of ether oxygens (including phenoxy) is 1. The molecule has 1 aliphatic rings. The minimum absolute atomic E-state index is 0.0204. The second-order valence-corrected chi connectivity index (χ2v) is 10.8. The molecule has 2 amide bonds. The summed E-state index contributed by atoms with van der Waals surface area (Å²) in [5.41, 5.74) is 5.85. The standard InChI is InChI=1S/C19H24N4O5S3/c1-3-15-13(2)10-16(30-15)19(25)22-21-17(24)12-29-18-5-4-14(11-20-18)31(26,27)23-6-8-28-9-7-23/h4-5,10-11H,3,6-9,12H2,1-2H3,(H,21,24)(H,22,25). The van der Waals surface area contributed by atoms with Crippen molar-refractivity contribution in [2.24, 2.45) is 0 Å². The van der Waals surface area contributed by atoms with Crippen LogP contribution in [0.5, 0.6) is 0 Å². The third-order valence-corrected chi connectivity index (χ3v) is 8.76. The Morgan fingerprint density at radius 1 is 1.26 bits per heavy atom. The molecule has 0 aliphatic carbocycles. The number of hydrogen-bond acceptors (Lipinski definition) is 8. The number of thiophene rings is 1. The van der Waals surface area contributed by atoms with Crippen LogP contribution in [0, 0.1) is 6.92 Å². The van der Waals surface area contributed by atoms with Crippen molar-refractivity contribution in [1.82, 2.24) is 20.1 Å². The number of aryl methyl sites for hydroxylation is 2. The van der Waals surface area contributed by atoms with Crippen molar-refractivity contribution in [1.29, 1.82) is 0 Å². The Kier molecular flexibility index (Phi) is 8.06. The number of morpholine rings is 1. The minimum Gasteiger partial charge on any atom is -0.379 e. The summed E-state index contributed by atoms with van der Waals surface area (Å²) in [5.74, 6) is -0.733. The first kappa shape index (κ1) is 23.7. The zero-order chi connectivity index (χ0) is 22.4. The van der Waals surface area contributed by atoms with Crippen LogP contribution in [0.4, 0.5) is 0 Å². The Balaban J connectivity index is 1.48. The van der Waals surface area contributed by atoms with Crippen molar-refractivity contribution < 1.29 is 22.7 Å². The first-order valence-electron chi connectivity index (χ1n) is 9.66. The van der Waals surface area contributed by atoms with E-state index in [0.29, 0.717) is 36.2 Å². The van der Waals surface area contributed by atoms with Crippen molar-refractivity contribution in [3.05, 3.63) is 39.7 Å². The highest BCUT2D eigenvalue weighted by Gasteiger charge is 2.26. The SMILES string of the molecule is CCc1sc(C(=O)NNC(=O)CSc2ccc(S(=O)(=O)N3CCOCC3)cn2)cc1C. The van der Waals surface area contributed by atoms with E-state index >= 15 is 0 Å². The zero-order valence-corrected chi connectivity index (χ0v) is 19.7. The molecule has 1 saturated heterocycles. The lowest BCUT2D eigenvalue weighted by atomic mass is 10.2. The number of hydrogen-bond donors (Lipinski definition) is 2. The van der Waals surface area contributed by atoms with Crippen LogP contribution in [0.2, 0.25) is 0 Å². The van der Waals surface area contributed by atoms with E-state index in [1.54, 1.807) is 12.1 Å². The number of thioether (sulfide) groups is 1. The van der Waals surface area contributed by atoms with Gasteiger partial charge in [-0.1, -0.05) is 18.7 Å². The molecule has 9 nitrogen and oxygen atoms in total. The molecule has 2 aromatic heterocycles. The Morgan fingerprint density at radius 2 is 2.00 bits per heavy atom. The molecule has 3 rings (SSSR count). The van der Waals surface area contributed by atoms with E-state index in [4.69, 9.17) is 4.74 Å². The summed E-state index contributed by atoms with van der Waals surface area (Å²) in [5, 5.41) is 0.504. The van der Waals surface area contributed by atoms with Crippen LogP contribution < -0.4 is 10.9 Å². The van der Waals surface area contributed by atoms with Crippen LogP contribution >= 0.6 is 23.1 Å².